The van der Waals surface area contributed by atoms with Gasteiger partial charge in [-0.3, -0.25) is 0 Å². The Morgan fingerprint density at radius 3 is 2.60 bits per heavy atom. The second kappa shape index (κ2) is 4.48. The number of rotatable bonds is 2. The normalized spacial score (nSPS) is 17.2. The topological polar surface area (TPSA) is 0 Å². The van der Waals surface area contributed by atoms with Crippen molar-refractivity contribution in [2.24, 2.45) is 0 Å². The largest absolute Gasteiger partial charge is 0.0928 e. The van der Waals surface area contributed by atoms with Crippen LogP contribution in [0.3, 0.4) is 0 Å². The van der Waals surface area contributed by atoms with Crippen LogP contribution in [0.4, 0.5) is 0 Å². The summed E-state index contributed by atoms with van der Waals surface area (Å²) < 4.78 is 14.1. The molecule has 0 saturated carbocycles. The van der Waals surface area contributed by atoms with Gasteiger partial charge in [0.25, 0.3) is 0 Å². The maximum absolute atomic E-state index is 7.04. The average Bonchev–Trinajstić information content (AvgIpc) is 1.68. The molecule has 0 atom stereocenters. The maximum atomic E-state index is 7.04. The van der Waals surface area contributed by atoms with E-state index in [0.717, 1.165) is 0 Å². The molecule has 0 heterocycles. The zero-order valence-electron chi connectivity index (χ0n) is 5.29. The van der Waals surface area contributed by atoms with Crippen molar-refractivity contribution < 1.29 is 2.74 Å². The molecule has 0 amide bonds. The van der Waals surface area contributed by atoms with Crippen molar-refractivity contribution in [3.05, 3.63) is 0 Å². The van der Waals surface area contributed by atoms with E-state index in [0.29, 0.717) is 11.8 Å². The third kappa shape index (κ3) is 4.48. The molecule has 0 aliphatic carbocycles. The second-order valence-corrected chi connectivity index (χ2v) is 1.30. The summed E-state index contributed by atoms with van der Waals surface area (Å²) >= 11 is 3.06. The summed E-state index contributed by atoms with van der Waals surface area (Å²) in [6.07, 6.45) is -0.418. The fraction of sp³-hybridized carbons (Fsp3) is 1.00. The first-order chi connectivity index (χ1) is 3.12. The van der Waals surface area contributed by atoms with Crippen molar-refractivity contribution >= 4 is 15.9 Å². The molecule has 0 spiro atoms. The van der Waals surface area contributed by atoms with Gasteiger partial charge in [-0.25, -0.2) is 0 Å². The Kier molecular flexibility index (Phi) is 2.35. The highest BCUT2D eigenvalue weighted by atomic mass is 79.9. The Morgan fingerprint density at radius 1 is 2.00 bits per heavy atom. The summed E-state index contributed by atoms with van der Waals surface area (Å²) in [6, 6.07) is 0. The van der Waals surface area contributed by atoms with Crippen LogP contribution >= 0.6 is 15.9 Å². The van der Waals surface area contributed by atoms with E-state index in [1.165, 1.54) is 0 Å². The second-order valence-electron chi connectivity index (χ2n) is 0.737. The molecule has 0 bridgehead atoms. The standard InChI is InChI=1S/C4H9Br/c1-2-3-4-5/h2-4H2,1H3/i3D2. The molecule has 0 aliphatic rings. The van der Waals surface area contributed by atoms with Crippen LogP contribution in [0, 0.1) is 0 Å². The van der Waals surface area contributed by atoms with Crippen LogP contribution < -0.4 is 0 Å². The molecule has 5 heavy (non-hydrogen) atoms. The van der Waals surface area contributed by atoms with E-state index < -0.39 is 6.37 Å². The highest BCUT2D eigenvalue weighted by molar-refractivity contribution is 9.09. The van der Waals surface area contributed by atoms with Crippen LogP contribution in [-0.2, 0) is 0 Å². The molecular formula is C4H9Br. The molecular weight excluding hydrogens is 128 g/mol. The van der Waals surface area contributed by atoms with Gasteiger partial charge in [0, 0.05) is 8.07 Å². The molecule has 0 fully saturated rings. The van der Waals surface area contributed by atoms with Gasteiger partial charge in [-0.1, -0.05) is 29.3 Å². The van der Waals surface area contributed by atoms with E-state index in [1.54, 1.807) is 0 Å². The van der Waals surface area contributed by atoms with Crippen LogP contribution in [0.25, 0.3) is 0 Å². The third-order valence-corrected chi connectivity index (χ3v) is 0.741. The van der Waals surface area contributed by atoms with Crippen LogP contribution in [0.5, 0.6) is 0 Å². The molecule has 0 N–H and O–H groups in total. The van der Waals surface area contributed by atoms with Gasteiger partial charge < -0.3 is 0 Å². The fourth-order valence-electron chi connectivity index (χ4n) is 0.0945. The number of hydrogen-bond donors (Lipinski definition) is 0. The van der Waals surface area contributed by atoms with Crippen molar-refractivity contribution in [2.45, 2.75) is 19.7 Å². The summed E-state index contributed by atoms with van der Waals surface area (Å²) in [5.74, 6) is 0. The monoisotopic (exact) mass is 138 g/mol. The predicted molar refractivity (Wildman–Crippen MR) is 28.7 cm³/mol. The molecule has 0 saturated heterocycles. The van der Waals surface area contributed by atoms with Crippen molar-refractivity contribution in [2.75, 3.05) is 5.33 Å². The lowest BCUT2D eigenvalue weighted by molar-refractivity contribution is 0.902. The summed E-state index contributed by atoms with van der Waals surface area (Å²) in [5.41, 5.74) is 0. The van der Waals surface area contributed by atoms with E-state index in [2.05, 4.69) is 15.9 Å². The van der Waals surface area contributed by atoms with Gasteiger partial charge in [-0.15, -0.1) is 0 Å². The molecule has 0 aromatic carbocycles. The van der Waals surface area contributed by atoms with Crippen LogP contribution in [0.15, 0.2) is 0 Å². The lowest BCUT2D eigenvalue weighted by Gasteiger charge is -1.77. The zero-order valence-corrected chi connectivity index (χ0v) is 4.88. The molecule has 32 valence electrons. The highest BCUT2D eigenvalue weighted by Crippen LogP contribution is 1.89. The summed E-state index contributed by atoms with van der Waals surface area (Å²) in [5, 5.41) is 0.441. The maximum Gasteiger partial charge on any atom is 0.0275 e. The van der Waals surface area contributed by atoms with Gasteiger partial charge >= 0.3 is 0 Å². The van der Waals surface area contributed by atoms with Gasteiger partial charge in [0.2, 0.25) is 0 Å². The quantitative estimate of drug-likeness (QED) is 0.514. The van der Waals surface area contributed by atoms with Crippen molar-refractivity contribution in [1.29, 1.82) is 0 Å². The Bertz CT molecular complexity index is 47.7. The number of alkyl halides is 1. The lowest BCUT2D eigenvalue weighted by Crippen LogP contribution is -1.64. The molecule has 0 nitrogen and oxygen atoms in total. The van der Waals surface area contributed by atoms with E-state index in [1.807, 2.05) is 6.92 Å². The van der Waals surface area contributed by atoms with Crippen LogP contribution in [0.2, 0.25) is 0 Å². The van der Waals surface area contributed by atoms with Crippen molar-refractivity contribution in [1.82, 2.24) is 0 Å². The first kappa shape index (κ1) is 2.62. The molecule has 0 rings (SSSR count). The number of halogens is 1. The Balaban J connectivity index is 3.36. The van der Waals surface area contributed by atoms with E-state index in [-0.39, 0.29) is 0 Å². The first-order valence-electron chi connectivity index (χ1n) is 2.68. The third-order valence-electron chi connectivity index (χ3n) is 0.344. The Hall–Kier alpha value is 0.480. The first-order valence-corrected chi connectivity index (χ1v) is 2.80. The fourth-order valence-corrected chi connectivity index (χ4v) is 0.491. The SMILES string of the molecule is [2H]C([2H])(CC)CBr. The smallest absolute Gasteiger partial charge is 0.0275 e. The molecule has 0 aliphatic heterocycles. The van der Waals surface area contributed by atoms with Gasteiger partial charge in [0.1, 0.15) is 0 Å². The van der Waals surface area contributed by atoms with Crippen LogP contribution in [-0.4, -0.2) is 5.33 Å². The lowest BCUT2D eigenvalue weighted by atomic mass is 10.4. The molecule has 1 heteroatoms. The minimum atomic E-state index is -1.00. The van der Waals surface area contributed by atoms with Gasteiger partial charge in [-0.05, 0) is 6.37 Å². The van der Waals surface area contributed by atoms with Gasteiger partial charge in [0.15, 0.2) is 0 Å². The highest BCUT2D eigenvalue weighted by Gasteiger charge is 1.69. The van der Waals surface area contributed by atoms with Gasteiger partial charge in [0.05, 0.1) is 0 Å². The molecule has 0 aromatic rings. The average molecular weight is 139 g/mol. The Morgan fingerprint density at radius 2 is 2.60 bits per heavy atom. The van der Waals surface area contributed by atoms with Crippen molar-refractivity contribution in [3.63, 3.8) is 0 Å². The molecule has 0 unspecified atom stereocenters. The van der Waals surface area contributed by atoms with E-state index in [9.17, 15) is 0 Å². The molecule has 0 radical (unpaired) electrons. The van der Waals surface area contributed by atoms with Gasteiger partial charge in [-0.2, -0.15) is 0 Å². The predicted octanol–water partition coefficient (Wildman–Crippen LogP) is 2.18. The summed E-state index contributed by atoms with van der Waals surface area (Å²) in [6.45, 7) is 1.83. The molecule has 0 aromatic heterocycles. The minimum Gasteiger partial charge on any atom is -0.0928 e. The summed E-state index contributed by atoms with van der Waals surface area (Å²) in [7, 11) is 0. The van der Waals surface area contributed by atoms with E-state index >= 15 is 0 Å². The Labute approximate surface area is 44.5 Å². The number of hydrogen-bond acceptors (Lipinski definition) is 0. The van der Waals surface area contributed by atoms with Crippen LogP contribution in [0.1, 0.15) is 22.5 Å². The van der Waals surface area contributed by atoms with E-state index in [4.69, 9.17) is 2.74 Å². The zero-order chi connectivity index (χ0) is 5.91. The van der Waals surface area contributed by atoms with Crippen molar-refractivity contribution in [3.8, 4) is 0 Å². The minimum absolute atomic E-state index is 0.441. The summed E-state index contributed by atoms with van der Waals surface area (Å²) in [4.78, 5) is 0.